The van der Waals surface area contributed by atoms with Gasteiger partial charge in [-0.1, -0.05) is 24.3 Å². The highest BCUT2D eigenvalue weighted by Gasteiger charge is 2.56. The molecule has 0 spiro atoms. The van der Waals surface area contributed by atoms with E-state index in [0.29, 0.717) is 0 Å². The molecular formula is C15H21BO3. The molecule has 1 heterocycles. The first-order chi connectivity index (χ1) is 8.82. The average molecular weight is 260 g/mol. The van der Waals surface area contributed by atoms with Crippen molar-refractivity contribution in [2.75, 3.05) is 0 Å². The Morgan fingerprint density at radius 2 is 1.68 bits per heavy atom. The van der Waals surface area contributed by atoms with Gasteiger partial charge in [-0.2, -0.15) is 0 Å². The van der Waals surface area contributed by atoms with Gasteiger partial charge < -0.3 is 14.4 Å². The molecule has 2 atom stereocenters. The second-order valence-corrected chi connectivity index (χ2v) is 6.64. The molecule has 3 nitrogen and oxygen atoms in total. The van der Waals surface area contributed by atoms with Gasteiger partial charge in [0.2, 0.25) is 0 Å². The van der Waals surface area contributed by atoms with Crippen LogP contribution >= 0.6 is 0 Å². The van der Waals surface area contributed by atoms with E-state index in [2.05, 4.69) is 6.07 Å². The predicted octanol–water partition coefficient (Wildman–Crippen LogP) is 2.74. The van der Waals surface area contributed by atoms with Crippen LogP contribution in [0.1, 0.15) is 44.9 Å². The van der Waals surface area contributed by atoms with E-state index in [0.717, 1.165) is 12.0 Å². The Balaban J connectivity index is 1.84. The molecule has 19 heavy (non-hydrogen) atoms. The number of hydrogen-bond donors (Lipinski definition) is 1. The zero-order valence-corrected chi connectivity index (χ0v) is 12.0. The molecule has 1 aromatic carbocycles. The Hall–Kier alpha value is -0.835. The molecule has 4 heteroatoms. The van der Waals surface area contributed by atoms with Crippen LogP contribution in [0.2, 0.25) is 5.82 Å². The molecule has 1 aliphatic carbocycles. The van der Waals surface area contributed by atoms with Crippen LogP contribution in [-0.2, 0) is 15.7 Å². The fourth-order valence-corrected chi connectivity index (χ4v) is 2.91. The van der Waals surface area contributed by atoms with Crippen molar-refractivity contribution in [1.82, 2.24) is 0 Å². The molecule has 0 saturated carbocycles. The summed E-state index contributed by atoms with van der Waals surface area (Å²) in [6, 6.07) is 8.04. The molecule has 2 unspecified atom stereocenters. The SMILES string of the molecule is CC1(C)OB(C2Cc3ccccc3C2O)OC1(C)C. The maximum Gasteiger partial charge on any atom is 0.464 e. The Bertz CT molecular complexity index is 482. The molecule has 1 saturated heterocycles. The number of aliphatic hydroxyl groups is 1. The van der Waals surface area contributed by atoms with E-state index < -0.39 is 6.10 Å². The van der Waals surface area contributed by atoms with Gasteiger partial charge >= 0.3 is 7.12 Å². The van der Waals surface area contributed by atoms with Crippen molar-refractivity contribution >= 4 is 7.12 Å². The Morgan fingerprint density at radius 1 is 1.11 bits per heavy atom. The van der Waals surface area contributed by atoms with Crippen LogP contribution in [0, 0.1) is 0 Å². The summed E-state index contributed by atoms with van der Waals surface area (Å²) in [5.74, 6) is -0.0153. The molecule has 0 bridgehead atoms. The summed E-state index contributed by atoms with van der Waals surface area (Å²) in [5, 5.41) is 10.5. The third-order valence-corrected chi connectivity index (χ3v) is 4.86. The maximum atomic E-state index is 10.5. The first-order valence-electron chi connectivity index (χ1n) is 6.93. The summed E-state index contributed by atoms with van der Waals surface area (Å²) in [7, 11) is -0.340. The lowest BCUT2D eigenvalue weighted by Gasteiger charge is -2.32. The van der Waals surface area contributed by atoms with Crippen LogP contribution in [0.4, 0.5) is 0 Å². The Kier molecular flexibility index (Phi) is 2.82. The number of benzene rings is 1. The van der Waals surface area contributed by atoms with Crippen LogP contribution in [0.15, 0.2) is 24.3 Å². The third-order valence-electron chi connectivity index (χ3n) is 4.86. The van der Waals surface area contributed by atoms with E-state index in [9.17, 15) is 5.11 Å². The highest BCUT2D eigenvalue weighted by Crippen LogP contribution is 2.48. The monoisotopic (exact) mass is 260 g/mol. The van der Waals surface area contributed by atoms with E-state index in [1.165, 1.54) is 5.56 Å². The van der Waals surface area contributed by atoms with Gasteiger partial charge in [-0.25, -0.2) is 0 Å². The minimum Gasteiger partial charge on any atom is -0.403 e. The molecule has 1 N–H and O–H groups in total. The molecular weight excluding hydrogens is 239 g/mol. The highest BCUT2D eigenvalue weighted by molar-refractivity contribution is 6.48. The normalized spacial score (nSPS) is 31.5. The van der Waals surface area contributed by atoms with Crippen molar-refractivity contribution in [2.24, 2.45) is 0 Å². The summed E-state index contributed by atoms with van der Waals surface area (Å²) in [5.41, 5.74) is 1.54. The second kappa shape index (κ2) is 4.08. The quantitative estimate of drug-likeness (QED) is 0.789. The topological polar surface area (TPSA) is 38.7 Å². The van der Waals surface area contributed by atoms with Crippen LogP contribution < -0.4 is 0 Å². The number of aliphatic hydroxyl groups excluding tert-OH is 1. The lowest BCUT2D eigenvalue weighted by Crippen LogP contribution is -2.41. The van der Waals surface area contributed by atoms with Gasteiger partial charge in [0.05, 0.1) is 17.3 Å². The van der Waals surface area contributed by atoms with Crippen molar-refractivity contribution in [2.45, 2.75) is 57.2 Å². The standard InChI is InChI=1S/C15H21BO3/c1-14(2)15(3,4)19-16(18-14)12-9-10-7-5-6-8-11(10)13(12)17/h5-8,12-13,17H,9H2,1-4H3. The fourth-order valence-electron chi connectivity index (χ4n) is 2.91. The van der Waals surface area contributed by atoms with Gasteiger partial charge in [-0.3, -0.25) is 0 Å². The van der Waals surface area contributed by atoms with Crippen LogP contribution in [0.25, 0.3) is 0 Å². The molecule has 102 valence electrons. The predicted molar refractivity (Wildman–Crippen MR) is 74.9 cm³/mol. The van der Waals surface area contributed by atoms with Crippen molar-refractivity contribution in [1.29, 1.82) is 0 Å². The molecule has 0 aromatic heterocycles. The summed E-state index contributed by atoms with van der Waals surface area (Å²) in [4.78, 5) is 0. The summed E-state index contributed by atoms with van der Waals surface area (Å²) >= 11 is 0. The number of rotatable bonds is 1. The van der Waals surface area contributed by atoms with Gasteiger partial charge in [-0.05, 0) is 45.2 Å². The first-order valence-corrected chi connectivity index (χ1v) is 6.93. The van der Waals surface area contributed by atoms with Gasteiger partial charge in [0, 0.05) is 5.82 Å². The highest BCUT2D eigenvalue weighted by atomic mass is 16.7. The maximum absolute atomic E-state index is 10.5. The molecule has 1 aliphatic heterocycles. The van der Waals surface area contributed by atoms with Crippen LogP contribution in [0.3, 0.4) is 0 Å². The number of fused-ring (bicyclic) bond motifs is 1. The smallest absolute Gasteiger partial charge is 0.403 e. The molecule has 1 fully saturated rings. The molecule has 0 radical (unpaired) electrons. The van der Waals surface area contributed by atoms with E-state index in [1.54, 1.807) is 0 Å². The van der Waals surface area contributed by atoms with Crippen molar-refractivity contribution in [3.05, 3.63) is 35.4 Å². The lowest BCUT2D eigenvalue weighted by molar-refractivity contribution is 0.00578. The van der Waals surface area contributed by atoms with Crippen molar-refractivity contribution in [3.8, 4) is 0 Å². The molecule has 2 aliphatic rings. The Morgan fingerprint density at radius 3 is 2.26 bits per heavy atom. The second-order valence-electron chi connectivity index (χ2n) is 6.64. The van der Waals surface area contributed by atoms with Crippen LogP contribution in [0.5, 0.6) is 0 Å². The van der Waals surface area contributed by atoms with E-state index >= 15 is 0 Å². The number of hydrogen-bond acceptors (Lipinski definition) is 3. The summed E-state index contributed by atoms with van der Waals surface area (Å²) in [6.07, 6.45) is 0.319. The van der Waals surface area contributed by atoms with E-state index in [-0.39, 0.29) is 24.1 Å². The minimum atomic E-state index is -0.495. The van der Waals surface area contributed by atoms with Crippen molar-refractivity contribution in [3.63, 3.8) is 0 Å². The zero-order chi connectivity index (χ0) is 13.8. The van der Waals surface area contributed by atoms with Gasteiger partial charge in [0.1, 0.15) is 0 Å². The summed E-state index contributed by atoms with van der Waals surface area (Å²) in [6.45, 7) is 8.17. The fraction of sp³-hybridized carbons (Fsp3) is 0.600. The summed E-state index contributed by atoms with van der Waals surface area (Å²) < 4.78 is 12.1. The molecule has 1 aromatic rings. The van der Waals surface area contributed by atoms with Gasteiger partial charge in [0.25, 0.3) is 0 Å². The van der Waals surface area contributed by atoms with Crippen LogP contribution in [-0.4, -0.2) is 23.4 Å². The third kappa shape index (κ3) is 1.94. The lowest BCUT2D eigenvalue weighted by atomic mass is 9.69. The molecule has 0 amide bonds. The first kappa shape index (κ1) is 13.2. The van der Waals surface area contributed by atoms with E-state index in [1.807, 2.05) is 45.9 Å². The van der Waals surface area contributed by atoms with Crippen molar-refractivity contribution < 1.29 is 14.4 Å². The minimum absolute atomic E-state index is 0.0153. The average Bonchev–Trinajstić information content (AvgIpc) is 2.76. The largest absolute Gasteiger partial charge is 0.464 e. The van der Waals surface area contributed by atoms with E-state index in [4.69, 9.17) is 9.31 Å². The molecule has 3 rings (SSSR count). The zero-order valence-electron chi connectivity index (χ0n) is 12.0. The van der Waals surface area contributed by atoms with Gasteiger partial charge in [0.15, 0.2) is 0 Å². The van der Waals surface area contributed by atoms with Gasteiger partial charge in [-0.15, -0.1) is 0 Å². The Labute approximate surface area is 115 Å².